The van der Waals surface area contributed by atoms with E-state index in [4.69, 9.17) is 9.47 Å². The number of cyclic esters (lactones) is 1. The van der Waals surface area contributed by atoms with Crippen LogP contribution in [0.4, 0.5) is 13.2 Å². The number of nitrogens with zero attached hydrogens (tertiary/aromatic N) is 1. The molecule has 2 heterocycles. The number of piperazine rings is 1. The summed E-state index contributed by atoms with van der Waals surface area (Å²) >= 11 is 0. The number of benzene rings is 1. The molecule has 2 fully saturated rings. The second kappa shape index (κ2) is 7.49. The molecule has 0 bridgehead atoms. The van der Waals surface area contributed by atoms with Gasteiger partial charge in [0.1, 0.15) is 5.75 Å². The Kier molecular flexibility index (Phi) is 5.52. The Bertz CT molecular complexity index is 781. The first kappa shape index (κ1) is 21.4. The van der Waals surface area contributed by atoms with E-state index in [1.54, 1.807) is 18.7 Å². The molecule has 0 spiro atoms. The summed E-state index contributed by atoms with van der Waals surface area (Å²) in [6.07, 6.45) is -5.93. The Morgan fingerprint density at radius 2 is 1.93 bits per heavy atom. The summed E-state index contributed by atoms with van der Waals surface area (Å²) in [6, 6.07) is 5.42. The molecule has 0 aromatic heterocycles. The minimum Gasteiger partial charge on any atom is -0.432 e. The predicted molar refractivity (Wildman–Crippen MR) is 94.7 cm³/mol. The Labute approximate surface area is 166 Å². The zero-order chi connectivity index (χ0) is 21.4. The van der Waals surface area contributed by atoms with Crippen LogP contribution >= 0.6 is 0 Å². The molecular formula is C19H23F3N2O5. The molecule has 0 saturated carbocycles. The molecule has 0 radical (unpaired) electrons. The average Bonchev–Trinajstić information content (AvgIpc) is 2.85. The molecule has 29 heavy (non-hydrogen) atoms. The lowest BCUT2D eigenvalue weighted by molar-refractivity contribution is -0.274. The first-order valence-electron chi connectivity index (χ1n) is 9.18. The van der Waals surface area contributed by atoms with Crippen molar-refractivity contribution < 1.29 is 37.0 Å². The molecule has 10 heteroatoms. The lowest BCUT2D eigenvalue weighted by Gasteiger charge is -2.46. The number of amides is 1. The van der Waals surface area contributed by atoms with Crippen LogP contribution in [0.15, 0.2) is 24.3 Å². The molecule has 160 valence electrons. The van der Waals surface area contributed by atoms with Gasteiger partial charge in [-0.2, -0.15) is 0 Å². The zero-order valence-electron chi connectivity index (χ0n) is 16.3. The van der Waals surface area contributed by atoms with Crippen molar-refractivity contribution in [1.29, 1.82) is 0 Å². The summed E-state index contributed by atoms with van der Waals surface area (Å²) in [7, 11) is 0. The van der Waals surface area contributed by atoms with Gasteiger partial charge in [0, 0.05) is 33.5 Å². The van der Waals surface area contributed by atoms with Crippen LogP contribution in [-0.4, -0.2) is 54.7 Å². The minimum absolute atomic E-state index is 0.173. The van der Waals surface area contributed by atoms with Gasteiger partial charge < -0.3 is 24.4 Å². The number of halogens is 3. The van der Waals surface area contributed by atoms with Gasteiger partial charge >= 0.3 is 12.3 Å². The quantitative estimate of drug-likeness (QED) is 0.760. The third kappa shape index (κ3) is 4.81. The van der Waals surface area contributed by atoms with Crippen LogP contribution in [-0.2, 0) is 24.6 Å². The van der Waals surface area contributed by atoms with Crippen molar-refractivity contribution in [2.45, 2.75) is 51.0 Å². The maximum atomic E-state index is 13.0. The summed E-state index contributed by atoms with van der Waals surface area (Å²) in [4.78, 5) is 26.6. The smallest absolute Gasteiger partial charge is 0.432 e. The highest BCUT2D eigenvalue weighted by molar-refractivity contribution is 5.86. The van der Waals surface area contributed by atoms with E-state index in [1.165, 1.54) is 24.3 Å². The molecular weight excluding hydrogens is 393 g/mol. The third-order valence-corrected chi connectivity index (χ3v) is 4.98. The van der Waals surface area contributed by atoms with Crippen LogP contribution in [0.2, 0.25) is 0 Å². The molecule has 1 N–H and O–H groups in total. The Hall–Kier alpha value is -2.33. The average molecular weight is 416 g/mol. The van der Waals surface area contributed by atoms with E-state index in [2.05, 4.69) is 10.1 Å². The van der Waals surface area contributed by atoms with E-state index in [-0.39, 0.29) is 18.1 Å². The lowest BCUT2D eigenvalue weighted by Crippen LogP contribution is -2.59. The van der Waals surface area contributed by atoms with Gasteiger partial charge in [-0.25, -0.2) is 4.79 Å². The highest BCUT2D eigenvalue weighted by Crippen LogP contribution is 2.34. The summed E-state index contributed by atoms with van der Waals surface area (Å²) in [5.74, 6) is -2.31. The van der Waals surface area contributed by atoms with Crippen molar-refractivity contribution in [3.63, 3.8) is 0 Å². The van der Waals surface area contributed by atoms with Gasteiger partial charge in [-0.05, 0) is 24.6 Å². The van der Waals surface area contributed by atoms with Gasteiger partial charge in [0.15, 0.2) is 6.10 Å². The normalized spacial score (nSPS) is 26.9. The van der Waals surface area contributed by atoms with E-state index >= 15 is 0 Å². The number of ether oxygens (including phenoxy) is 3. The van der Waals surface area contributed by atoms with Gasteiger partial charge in [-0.15, -0.1) is 13.2 Å². The summed E-state index contributed by atoms with van der Waals surface area (Å²) in [6.45, 7) is 6.33. The maximum absolute atomic E-state index is 13.0. The lowest BCUT2D eigenvalue weighted by atomic mass is 9.87. The highest BCUT2D eigenvalue weighted by atomic mass is 19.4. The van der Waals surface area contributed by atoms with E-state index in [0.717, 1.165) is 0 Å². The summed E-state index contributed by atoms with van der Waals surface area (Å²) in [5.41, 5.74) is -0.174. The van der Waals surface area contributed by atoms with Gasteiger partial charge in [0.2, 0.25) is 11.7 Å². The van der Waals surface area contributed by atoms with E-state index in [0.29, 0.717) is 25.2 Å². The number of carbonyl (C=O) groups excluding carboxylic acids is 2. The van der Waals surface area contributed by atoms with Gasteiger partial charge in [-0.1, -0.05) is 12.1 Å². The molecule has 2 saturated heterocycles. The van der Waals surface area contributed by atoms with Crippen LogP contribution < -0.4 is 10.1 Å². The van der Waals surface area contributed by atoms with Gasteiger partial charge in [0.25, 0.3) is 0 Å². The second-order valence-corrected chi connectivity index (χ2v) is 7.70. The zero-order valence-corrected chi connectivity index (χ0v) is 16.3. The largest absolute Gasteiger partial charge is 0.573 e. The standard InChI is InChI=1S/C19H23F3N2O5/c1-17(2)28-14(16(26)29-17)10-15(25)24-9-8-23-11-18(24,3)12-4-6-13(7-5-12)27-19(20,21)22/h4-7,14,23H,8-11H2,1-3H3/t14-,18-/m0/s1. The van der Waals surface area contributed by atoms with Gasteiger partial charge in [0.05, 0.1) is 12.0 Å². The topological polar surface area (TPSA) is 77.1 Å². The van der Waals surface area contributed by atoms with E-state index in [1.807, 2.05) is 6.92 Å². The number of rotatable bonds is 4. The van der Waals surface area contributed by atoms with E-state index in [9.17, 15) is 22.8 Å². The van der Waals surface area contributed by atoms with Crippen molar-refractivity contribution in [2.24, 2.45) is 0 Å². The molecule has 1 amide bonds. The molecule has 0 aliphatic carbocycles. The molecule has 3 rings (SSSR count). The first-order chi connectivity index (χ1) is 13.4. The minimum atomic E-state index is -4.77. The number of hydrogen-bond acceptors (Lipinski definition) is 6. The van der Waals surface area contributed by atoms with Crippen molar-refractivity contribution in [3.8, 4) is 5.75 Å². The van der Waals surface area contributed by atoms with Crippen molar-refractivity contribution in [3.05, 3.63) is 29.8 Å². The molecule has 1 aromatic rings. The van der Waals surface area contributed by atoms with Crippen LogP contribution in [0.1, 0.15) is 32.8 Å². The fourth-order valence-electron chi connectivity index (χ4n) is 3.65. The summed E-state index contributed by atoms with van der Waals surface area (Å²) in [5, 5.41) is 3.20. The Balaban J connectivity index is 1.77. The number of hydrogen-bond donors (Lipinski definition) is 1. The number of nitrogens with one attached hydrogen (secondary N) is 1. The van der Waals surface area contributed by atoms with Gasteiger partial charge in [-0.3, -0.25) is 4.79 Å². The number of carbonyl (C=O) groups is 2. The second-order valence-electron chi connectivity index (χ2n) is 7.70. The summed E-state index contributed by atoms with van der Waals surface area (Å²) < 4.78 is 51.7. The highest BCUT2D eigenvalue weighted by Gasteiger charge is 2.45. The molecule has 2 aliphatic rings. The molecule has 1 aromatic carbocycles. The molecule has 7 nitrogen and oxygen atoms in total. The van der Waals surface area contributed by atoms with Crippen LogP contribution in [0.25, 0.3) is 0 Å². The number of alkyl halides is 3. The third-order valence-electron chi connectivity index (χ3n) is 4.98. The maximum Gasteiger partial charge on any atom is 0.573 e. The van der Waals surface area contributed by atoms with Crippen LogP contribution in [0.3, 0.4) is 0 Å². The SMILES string of the molecule is CC1(C)OC(=O)[C@H](CC(=O)N2CCNC[C@@]2(C)c2ccc(OC(F)(F)F)cc2)O1. The first-order valence-corrected chi connectivity index (χ1v) is 9.18. The fraction of sp³-hybridized carbons (Fsp3) is 0.579. The Morgan fingerprint density at radius 1 is 1.28 bits per heavy atom. The van der Waals surface area contributed by atoms with Crippen molar-refractivity contribution in [1.82, 2.24) is 10.2 Å². The van der Waals surface area contributed by atoms with E-state index < -0.39 is 29.8 Å². The van der Waals surface area contributed by atoms with Crippen LogP contribution in [0.5, 0.6) is 5.75 Å². The Morgan fingerprint density at radius 3 is 2.48 bits per heavy atom. The fourth-order valence-corrected chi connectivity index (χ4v) is 3.65. The van der Waals surface area contributed by atoms with Crippen LogP contribution in [0, 0.1) is 0 Å². The molecule has 2 aliphatic heterocycles. The molecule has 2 atom stereocenters. The molecule has 0 unspecified atom stereocenters. The number of esters is 1. The van der Waals surface area contributed by atoms with Crippen molar-refractivity contribution in [2.75, 3.05) is 19.6 Å². The van der Waals surface area contributed by atoms with Crippen molar-refractivity contribution >= 4 is 11.9 Å². The predicted octanol–water partition coefficient (Wildman–Crippen LogP) is 2.30. The monoisotopic (exact) mass is 416 g/mol.